The normalized spacial score (nSPS) is 20.5. The van der Waals surface area contributed by atoms with Gasteiger partial charge in [0.15, 0.2) is 0 Å². The fourth-order valence-electron chi connectivity index (χ4n) is 3.01. The van der Waals surface area contributed by atoms with Crippen LogP contribution < -0.4 is 5.32 Å². The summed E-state index contributed by atoms with van der Waals surface area (Å²) < 4.78 is 0. The minimum Gasteiger partial charge on any atom is -0.481 e. The third-order valence-corrected chi connectivity index (χ3v) is 5.24. The lowest BCUT2D eigenvalue weighted by atomic mass is 9.86. The fourth-order valence-corrected chi connectivity index (χ4v) is 3.82. The van der Waals surface area contributed by atoms with Gasteiger partial charge in [0, 0.05) is 17.8 Å². The van der Waals surface area contributed by atoms with E-state index in [9.17, 15) is 9.59 Å². The van der Waals surface area contributed by atoms with Crippen LogP contribution in [0.4, 0.5) is 0 Å². The Morgan fingerprint density at radius 3 is 2.54 bits per heavy atom. The minimum atomic E-state index is -0.732. The van der Waals surface area contributed by atoms with Crippen molar-refractivity contribution in [2.45, 2.75) is 38.1 Å². The molecule has 2 aromatic rings. The summed E-state index contributed by atoms with van der Waals surface area (Å²) in [5.74, 6) is -1.16. The van der Waals surface area contributed by atoms with Crippen molar-refractivity contribution >= 4 is 23.2 Å². The minimum absolute atomic E-state index is 0.0485. The van der Waals surface area contributed by atoms with Gasteiger partial charge in [0.25, 0.3) is 5.91 Å². The van der Waals surface area contributed by atoms with E-state index < -0.39 is 5.97 Å². The molecule has 1 aromatic heterocycles. The first-order valence-electron chi connectivity index (χ1n) is 8.14. The first kappa shape index (κ1) is 16.6. The van der Waals surface area contributed by atoms with Gasteiger partial charge in [-0.15, -0.1) is 11.3 Å². The Balaban J connectivity index is 1.54. The zero-order chi connectivity index (χ0) is 16.9. The molecule has 0 spiro atoms. The highest BCUT2D eigenvalue weighted by Gasteiger charge is 2.27. The molecule has 1 aromatic carbocycles. The number of nitrogens with zero attached hydrogens (tertiary/aromatic N) is 1. The van der Waals surface area contributed by atoms with Gasteiger partial charge in [0.1, 0.15) is 5.69 Å². The molecule has 126 valence electrons. The molecule has 5 nitrogen and oxygen atoms in total. The molecule has 0 bridgehead atoms. The molecule has 0 aliphatic heterocycles. The number of thiazole rings is 1. The van der Waals surface area contributed by atoms with Crippen LogP contribution in [0.25, 0.3) is 0 Å². The Morgan fingerprint density at radius 2 is 1.88 bits per heavy atom. The summed E-state index contributed by atoms with van der Waals surface area (Å²) >= 11 is 1.49. The maximum atomic E-state index is 12.3. The molecule has 0 radical (unpaired) electrons. The molecule has 1 aliphatic carbocycles. The van der Waals surface area contributed by atoms with Crippen LogP contribution >= 0.6 is 11.3 Å². The summed E-state index contributed by atoms with van der Waals surface area (Å²) in [7, 11) is 0. The second-order valence-electron chi connectivity index (χ2n) is 6.15. The van der Waals surface area contributed by atoms with E-state index in [4.69, 9.17) is 5.11 Å². The third kappa shape index (κ3) is 4.20. The van der Waals surface area contributed by atoms with E-state index in [1.54, 1.807) is 5.38 Å². The highest BCUT2D eigenvalue weighted by molar-refractivity contribution is 7.09. The molecule has 0 atom stereocenters. The number of benzene rings is 1. The van der Waals surface area contributed by atoms with Crippen molar-refractivity contribution in [3.63, 3.8) is 0 Å². The zero-order valence-corrected chi connectivity index (χ0v) is 14.1. The lowest BCUT2D eigenvalue weighted by Crippen LogP contribution is -2.38. The number of carbonyl (C=O) groups excluding carboxylic acids is 1. The Kier molecular flexibility index (Phi) is 5.25. The topological polar surface area (TPSA) is 79.3 Å². The van der Waals surface area contributed by atoms with Crippen LogP contribution in [-0.4, -0.2) is 28.0 Å². The van der Waals surface area contributed by atoms with Crippen LogP contribution in [0.5, 0.6) is 0 Å². The molecule has 0 unspecified atom stereocenters. The van der Waals surface area contributed by atoms with Gasteiger partial charge >= 0.3 is 5.97 Å². The van der Waals surface area contributed by atoms with Crippen molar-refractivity contribution in [1.82, 2.24) is 10.3 Å². The van der Waals surface area contributed by atoms with Gasteiger partial charge in [-0.25, -0.2) is 4.98 Å². The van der Waals surface area contributed by atoms with Crippen molar-refractivity contribution in [1.29, 1.82) is 0 Å². The lowest BCUT2D eigenvalue weighted by molar-refractivity contribution is -0.142. The van der Waals surface area contributed by atoms with E-state index in [1.807, 2.05) is 30.3 Å². The molecule has 2 N–H and O–H groups in total. The van der Waals surface area contributed by atoms with Gasteiger partial charge in [-0.05, 0) is 31.2 Å². The van der Waals surface area contributed by atoms with Gasteiger partial charge in [-0.1, -0.05) is 30.3 Å². The number of hydrogen-bond donors (Lipinski definition) is 2. The monoisotopic (exact) mass is 344 g/mol. The van der Waals surface area contributed by atoms with Crippen molar-refractivity contribution in [3.05, 3.63) is 52.0 Å². The molecule has 1 aliphatic rings. The highest BCUT2D eigenvalue weighted by Crippen LogP contribution is 2.24. The van der Waals surface area contributed by atoms with E-state index >= 15 is 0 Å². The smallest absolute Gasteiger partial charge is 0.306 e. The summed E-state index contributed by atoms with van der Waals surface area (Å²) in [5.41, 5.74) is 1.62. The molecule has 1 fully saturated rings. The van der Waals surface area contributed by atoms with Crippen LogP contribution in [-0.2, 0) is 11.2 Å². The number of aromatic nitrogens is 1. The number of carboxylic acids is 1. The Bertz CT molecular complexity index is 706. The number of aliphatic carboxylic acids is 1. The predicted molar refractivity (Wildman–Crippen MR) is 92.2 cm³/mol. The van der Waals surface area contributed by atoms with Crippen molar-refractivity contribution in [2.75, 3.05) is 0 Å². The van der Waals surface area contributed by atoms with Crippen LogP contribution in [0.15, 0.2) is 35.7 Å². The molecule has 1 saturated carbocycles. The number of hydrogen-bond acceptors (Lipinski definition) is 4. The highest BCUT2D eigenvalue weighted by atomic mass is 32.1. The molecular formula is C18H20N2O3S. The SMILES string of the molecule is O=C(NC1CCC(C(=O)O)CC1)c1csc(Cc2ccccc2)n1. The van der Waals surface area contributed by atoms with Crippen molar-refractivity contribution < 1.29 is 14.7 Å². The van der Waals surface area contributed by atoms with Gasteiger partial charge in [-0.3, -0.25) is 9.59 Å². The number of carbonyl (C=O) groups is 2. The van der Waals surface area contributed by atoms with E-state index in [0.29, 0.717) is 31.4 Å². The van der Waals surface area contributed by atoms with Crippen LogP contribution in [0.2, 0.25) is 0 Å². The Hall–Kier alpha value is -2.21. The van der Waals surface area contributed by atoms with Crippen LogP contribution in [0.1, 0.15) is 46.7 Å². The lowest BCUT2D eigenvalue weighted by Gasteiger charge is -2.26. The standard InChI is InChI=1S/C18H20N2O3S/c21-17(19-14-8-6-13(7-9-14)18(22)23)15-11-24-16(20-15)10-12-4-2-1-3-5-12/h1-5,11,13-14H,6-10H2,(H,19,21)(H,22,23). The predicted octanol–water partition coefficient (Wildman–Crippen LogP) is 3.11. The molecule has 24 heavy (non-hydrogen) atoms. The second-order valence-corrected chi connectivity index (χ2v) is 7.09. The summed E-state index contributed by atoms with van der Waals surface area (Å²) in [6.07, 6.45) is 3.39. The number of amides is 1. The molecule has 1 heterocycles. The number of carboxylic acid groups (broad SMARTS) is 1. The summed E-state index contributed by atoms with van der Waals surface area (Å²) in [5, 5.41) is 14.7. The van der Waals surface area contributed by atoms with E-state index in [1.165, 1.54) is 16.9 Å². The number of nitrogens with one attached hydrogen (secondary N) is 1. The molecule has 6 heteroatoms. The average molecular weight is 344 g/mol. The Morgan fingerprint density at radius 1 is 1.17 bits per heavy atom. The zero-order valence-electron chi connectivity index (χ0n) is 13.3. The van der Waals surface area contributed by atoms with Crippen molar-refractivity contribution in [2.24, 2.45) is 5.92 Å². The van der Waals surface area contributed by atoms with Crippen LogP contribution in [0, 0.1) is 5.92 Å². The van der Waals surface area contributed by atoms with E-state index in [-0.39, 0.29) is 17.9 Å². The van der Waals surface area contributed by atoms with Gasteiger partial charge in [-0.2, -0.15) is 0 Å². The first-order chi connectivity index (χ1) is 11.6. The van der Waals surface area contributed by atoms with E-state index in [0.717, 1.165) is 11.4 Å². The maximum absolute atomic E-state index is 12.3. The maximum Gasteiger partial charge on any atom is 0.306 e. The number of rotatable bonds is 5. The summed E-state index contributed by atoms with van der Waals surface area (Å²) in [4.78, 5) is 27.7. The largest absolute Gasteiger partial charge is 0.481 e. The summed E-state index contributed by atoms with van der Waals surface area (Å²) in [6.45, 7) is 0. The summed E-state index contributed by atoms with van der Waals surface area (Å²) in [6, 6.07) is 10.1. The van der Waals surface area contributed by atoms with Gasteiger partial charge < -0.3 is 10.4 Å². The van der Waals surface area contributed by atoms with Gasteiger partial charge in [0.2, 0.25) is 0 Å². The fraction of sp³-hybridized carbons (Fsp3) is 0.389. The Labute approximate surface area is 144 Å². The quantitative estimate of drug-likeness (QED) is 0.873. The second kappa shape index (κ2) is 7.57. The van der Waals surface area contributed by atoms with Crippen LogP contribution in [0.3, 0.4) is 0 Å². The molecule has 1 amide bonds. The molecular weight excluding hydrogens is 324 g/mol. The first-order valence-corrected chi connectivity index (χ1v) is 9.02. The van der Waals surface area contributed by atoms with E-state index in [2.05, 4.69) is 10.3 Å². The third-order valence-electron chi connectivity index (χ3n) is 4.39. The average Bonchev–Trinajstić information content (AvgIpc) is 3.05. The van der Waals surface area contributed by atoms with Gasteiger partial charge in [0.05, 0.1) is 10.9 Å². The molecule has 3 rings (SSSR count). The molecule has 0 saturated heterocycles. The van der Waals surface area contributed by atoms with Crippen molar-refractivity contribution in [3.8, 4) is 0 Å².